The van der Waals surface area contributed by atoms with Crippen molar-refractivity contribution in [3.8, 4) is 0 Å². The van der Waals surface area contributed by atoms with Crippen molar-refractivity contribution in [3.05, 3.63) is 0 Å². The smallest absolute Gasteiger partial charge is 0.0533 e. The van der Waals surface area contributed by atoms with Crippen molar-refractivity contribution in [2.75, 3.05) is 0 Å². The van der Waals surface area contributed by atoms with Gasteiger partial charge < -0.3 is 0 Å². The second-order valence-corrected chi connectivity index (χ2v) is 3.54. The van der Waals surface area contributed by atoms with Gasteiger partial charge in [0.2, 0.25) is 0 Å². The summed E-state index contributed by atoms with van der Waals surface area (Å²) in [6.07, 6.45) is 11.5. The topological polar surface area (TPSA) is 0 Å². The molecule has 0 aromatic rings. The summed E-state index contributed by atoms with van der Waals surface area (Å²) < 4.78 is 0. The van der Waals surface area contributed by atoms with Crippen molar-refractivity contribution in [2.45, 2.75) is 100 Å². The Morgan fingerprint density at radius 2 is 0.600 bits per heavy atom. The standard InChI is InChI=1S/C6H12.2C3H8.C2H6.CH4/c1-2-4-6-5-3-1;2*1-3-2;1-2;/h1-6H2;2*3H2,1-2H3;1-2H3;1H4. The molecule has 1 aliphatic carbocycles. The molecule has 1 saturated carbocycles. The van der Waals surface area contributed by atoms with E-state index >= 15 is 0 Å². The minimum absolute atomic E-state index is 0. The van der Waals surface area contributed by atoms with E-state index in [1.165, 1.54) is 51.4 Å². The van der Waals surface area contributed by atoms with E-state index in [9.17, 15) is 0 Å². The van der Waals surface area contributed by atoms with Gasteiger partial charge in [0.05, 0.1) is 0 Å². The molecular formula is C15H38. The van der Waals surface area contributed by atoms with Gasteiger partial charge in [-0.15, -0.1) is 0 Å². The van der Waals surface area contributed by atoms with Crippen molar-refractivity contribution < 1.29 is 0 Å². The lowest BCUT2D eigenvalue weighted by molar-refractivity contribution is 0.504. The van der Waals surface area contributed by atoms with Crippen molar-refractivity contribution in [2.24, 2.45) is 0 Å². The van der Waals surface area contributed by atoms with Crippen LogP contribution in [0.3, 0.4) is 0 Å². The van der Waals surface area contributed by atoms with Gasteiger partial charge in [-0.05, 0) is 0 Å². The third-order valence-electron chi connectivity index (χ3n) is 1.50. The fourth-order valence-corrected chi connectivity index (χ4v) is 1.06. The molecule has 1 fully saturated rings. The Morgan fingerprint density at radius 3 is 0.667 bits per heavy atom. The van der Waals surface area contributed by atoms with Gasteiger partial charge in [-0.25, -0.2) is 0 Å². The molecule has 0 N–H and O–H groups in total. The minimum atomic E-state index is 0. The van der Waals surface area contributed by atoms with Crippen LogP contribution in [-0.2, 0) is 0 Å². The highest BCUT2D eigenvalue weighted by molar-refractivity contribution is 4.51. The third-order valence-corrected chi connectivity index (χ3v) is 1.50. The SMILES string of the molecule is C.C1CCCCC1.CC.CCC.CCC. The molecule has 15 heavy (non-hydrogen) atoms. The maximum Gasteiger partial charge on any atom is -0.0533 e. The summed E-state index contributed by atoms with van der Waals surface area (Å²) in [5.74, 6) is 0. The van der Waals surface area contributed by atoms with Crippen LogP contribution in [0.4, 0.5) is 0 Å². The highest BCUT2D eigenvalue weighted by Gasteiger charge is 1.95. The molecule has 0 atom stereocenters. The molecule has 0 spiro atoms. The molecule has 0 nitrogen and oxygen atoms in total. The Morgan fingerprint density at radius 1 is 0.533 bits per heavy atom. The van der Waals surface area contributed by atoms with Gasteiger partial charge >= 0.3 is 0 Å². The van der Waals surface area contributed by atoms with Crippen LogP contribution >= 0.6 is 0 Å². The van der Waals surface area contributed by atoms with Crippen molar-refractivity contribution in [1.29, 1.82) is 0 Å². The molecule has 0 amide bonds. The first-order valence-electron chi connectivity index (χ1n) is 6.83. The average Bonchev–Trinajstić information content (AvgIpc) is 2.26. The minimum Gasteiger partial charge on any atom is -0.0776 e. The van der Waals surface area contributed by atoms with Crippen molar-refractivity contribution in [1.82, 2.24) is 0 Å². The zero-order valence-corrected chi connectivity index (χ0v) is 11.7. The van der Waals surface area contributed by atoms with Gasteiger partial charge in [-0.2, -0.15) is 0 Å². The molecule has 0 bridgehead atoms. The van der Waals surface area contributed by atoms with Crippen LogP contribution < -0.4 is 0 Å². The molecule has 0 saturated heterocycles. The summed E-state index contributed by atoms with van der Waals surface area (Å²) in [6, 6.07) is 0. The second-order valence-electron chi connectivity index (χ2n) is 3.54. The molecule has 0 aromatic heterocycles. The highest BCUT2D eigenvalue weighted by Crippen LogP contribution is 2.15. The number of hydrogen-bond donors (Lipinski definition) is 0. The van der Waals surface area contributed by atoms with Gasteiger partial charge in [0.1, 0.15) is 0 Å². The van der Waals surface area contributed by atoms with E-state index in [4.69, 9.17) is 0 Å². The predicted octanol–water partition coefficient (Wildman–Crippen LogP) is 6.84. The normalized spacial score (nSPS) is 12.4. The van der Waals surface area contributed by atoms with E-state index in [0.717, 1.165) is 0 Å². The van der Waals surface area contributed by atoms with Crippen molar-refractivity contribution >= 4 is 0 Å². The van der Waals surface area contributed by atoms with E-state index in [1.807, 2.05) is 13.8 Å². The quantitative estimate of drug-likeness (QED) is 0.418. The first kappa shape index (κ1) is 24.3. The fraction of sp³-hybridized carbons (Fsp3) is 1.00. The van der Waals surface area contributed by atoms with Crippen LogP contribution in [0.15, 0.2) is 0 Å². The lowest BCUT2D eigenvalue weighted by atomic mass is 10.0. The molecule has 98 valence electrons. The molecule has 0 heteroatoms. The molecule has 1 aliphatic rings. The van der Waals surface area contributed by atoms with Gasteiger partial charge in [-0.1, -0.05) is 100 Å². The Hall–Kier alpha value is 0. The molecular weight excluding hydrogens is 180 g/mol. The summed E-state index contributed by atoms with van der Waals surface area (Å²) in [4.78, 5) is 0. The molecule has 0 unspecified atom stereocenters. The van der Waals surface area contributed by atoms with E-state index in [-0.39, 0.29) is 7.43 Å². The largest absolute Gasteiger partial charge is 0.0776 e. The number of hydrogen-bond acceptors (Lipinski definition) is 0. The maximum atomic E-state index is 2.12. The molecule has 0 radical (unpaired) electrons. The Bertz CT molecular complexity index is 30.5. The molecule has 1 rings (SSSR count). The predicted molar refractivity (Wildman–Crippen MR) is 77.7 cm³/mol. The van der Waals surface area contributed by atoms with Crippen LogP contribution in [-0.4, -0.2) is 0 Å². The maximum absolute atomic E-state index is 2.12. The highest BCUT2D eigenvalue weighted by atomic mass is 14.0. The van der Waals surface area contributed by atoms with Crippen LogP contribution in [0.1, 0.15) is 100 Å². The van der Waals surface area contributed by atoms with Gasteiger partial charge in [0, 0.05) is 0 Å². The Kier molecular flexibility index (Phi) is 59.9. The van der Waals surface area contributed by atoms with E-state index in [0.29, 0.717) is 0 Å². The summed E-state index contributed by atoms with van der Waals surface area (Å²) in [5.41, 5.74) is 0. The summed E-state index contributed by atoms with van der Waals surface area (Å²) in [7, 11) is 0. The first-order chi connectivity index (χ1) is 6.83. The molecule has 0 aliphatic heterocycles. The van der Waals surface area contributed by atoms with Gasteiger partial charge in [0.25, 0.3) is 0 Å². The Labute approximate surface area is 101 Å². The van der Waals surface area contributed by atoms with Crippen LogP contribution in [0.5, 0.6) is 0 Å². The monoisotopic (exact) mass is 218 g/mol. The van der Waals surface area contributed by atoms with Gasteiger partial charge in [0.15, 0.2) is 0 Å². The van der Waals surface area contributed by atoms with E-state index < -0.39 is 0 Å². The zero-order chi connectivity index (χ0) is 11.7. The zero-order valence-electron chi connectivity index (χ0n) is 11.7. The Balaban J connectivity index is -0.0000000592. The summed E-state index contributed by atoms with van der Waals surface area (Å²) in [6.45, 7) is 12.5. The van der Waals surface area contributed by atoms with Crippen LogP contribution in [0.25, 0.3) is 0 Å². The van der Waals surface area contributed by atoms with Gasteiger partial charge in [-0.3, -0.25) is 0 Å². The lowest BCUT2D eigenvalue weighted by Crippen LogP contribution is -1.85. The average molecular weight is 218 g/mol. The van der Waals surface area contributed by atoms with E-state index in [1.54, 1.807) is 0 Å². The second kappa shape index (κ2) is 37.0. The number of rotatable bonds is 0. The summed E-state index contributed by atoms with van der Waals surface area (Å²) >= 11 is 0. The summed E-state index contributed by atoms with van der Waals surface area (Å²) in [5, 5.41) is 0. The fourth-order valence-electron chi connectivity index (χ4n) is 1.06. The lowest BCUT2D eigenvalue weighted by Gasteiger charge is -2.05. The molecule has 0 heterocycles. The van der Waals surface area contributed by atoms with Crippen LogP contribution in [0.2, 0.25) is 0 Å². The van der Waals surface area contributed by atoms with Crippen molar-refractivity contribution in [3.63, 3.8) is 0 Å². The molecule has 0 aromatic carbocycles. The van der Waals surface area contributed by atoms with E-state index in [2.05, 4.69) is 27.7 Å². The third kappa shape index (κ3) is 56.0. The first-order valence-corrected chi connectivity index (χ1v) is 6.83. The van der Waals surface area contributed by atoms with Crippen LogP contribution in [0, 0.1) is 0 Å².